The fourth-order valence-corrected chi connectivity index (χ4v) is 3.43. The number of carbonyl (C=O) groups excluding carboxylic acids is 2. The molecule has 1 aliphatic heterocycles. The van der Waals surface area contributed by atoms with Gasteiger partial charge in [0.1, 0.15) is 0 Å². The van der Waals surface area contributed by atoms with Gasteiger partial charge >= 0.3 is 6.09 Å². The number of para-hydroxylation sites is 1. The van der Waals surface area contributed by atoms with Crippen LogP contribution in [0.3, 0.4) is 0 Å². The van der Waals surface area contributed by atoms with E-state index in [9.17, 15) is 9.59 Å². The maximum absolute atomic E-state index is 12.7. The molecule has 8 heteroatoms. The van der Waals surface area contributed by atoms with Crippen molar-refractivity contribution < 1.29 is 14.3 Å². The Kier molecular flexibility index (Phi) is 6.74. The van der Waals surface area contributed by atoms with Crippen LogP contribution in [0.2, 0.25) is 0 Å². The number of hydrogen-bond acceptors (Lipinski definition) is 4. The molecule has 156 valence electrons. The monoisotopic (exact) mass is 426 g/mol. The number of methoxy groups -OCH3 is 1. The number of carbonyl (C=O) groups is 2. The SMILES string of the molecule is COC(=O)N1CCN(C(=O)c2ccc(/C=C/c3n[nH]c4ccccc34)cc2)CC1.Cl. The van der Waals surface area contributed by atoms with Crippen molar-refractivity contribution in [2.45, 2.75) is 0 Å². The summed E-state index contributed by atoms with van der Waals surface area (Å²) in [5.74, 6) is -0.0247. The van der Waals surface area contributed by atoms with E-state index < -0.39 is 0 Å². The highest BCUT2D eigenvalue weighted by Crippen LogP contribution is 2.18. The highest BCUT2D eigenvalue weighted by atomic mass is 35.5. The van der Waals surface area contributed by atoms with E-state index in [1.807, 2.05) is 60.7 Å². The van der Waals surface area contributed by atoms with Crippen LogP contribution in [0.5, 0.6) is 0 Å². The summed E-state index contributed by atoms with van der Waals surface area (Å²) in [6.45, 7) is 1.97. The number of rotatable bonds is 3. The maximum Gasteiger partial charge on any atom is 0.409 e. The molecule has 3 aromatic rings. The van der Waals surface area contributed by atoms with Crippen molar-refractivity contribution in [3.05, 3.63) is 65.4 Å². The summed E-state index contributed by atoms with van der Waals surface area (Å²) >= 11 is 0. The van der Waals surface area contributed by atoms with Gasteiger partial charge in [-0.1, -0.05) is 36.4 Å². The van der Waals surface area contributed by atoms with Crippen molar-refractivity contribution in [2.75, 3.05) is 33.3 Å². The Bertz CT molecular complexity index is 1050. The van der Waals surface area contributed by atoms with Crippen LogP contribution in [0.1, 0.15) is 21.6 Å². The molecule has 2 aromatic carbocycles. The number of H-pyrrole nitrogens is 1. The van der Waals surface area contributed by atoms with E-state index in [-0.39, 0.29) is 24.4 Å². The number of aromatic nitrogens is 2. The first-order valence-electron chi connectivity index (χ1n) is 9.49. The zero-order valence-electron chi connectivity index (χ0n) is 16.6. The highest BCUT2D eigenvalue weighted by Gasteiger charge is 2.25. The van der Waals surface area contributed by atoms with Crippen LogP contribution in [-0.2, 0) is 4.74 Å². The fraction of sp³-hybridized carbons (Fsp3) is 0.227. The van der Waals surface area contributed by atoms with Gasteiger partial charge in [-0.05, 0) is 29.8 Å². The summed E-state index contributed by atoms with van der Waals surface area (Å²) in [6.07, 6.45) is 3.59. The minimum Gasteiger partial charge on any atom is -0.453 e. The van der Waals surface area contributed by atoms with E-state index in [2.05, 4.69) is 10.2 Å². The molecule has 0 saturated carbocycles. The number of nitrogens with one attached hydrogen (secondary N) is 1. The van der Waals surface area contributed by atoms with E-state index in [4.69, 9.17) is 4.74 Å². The average Bonchev–Trinajstić information content (AvgIpc) is 3.20. The van der Waals surface area contributed by atoms with E-state index >= 15 is 0 Å². The third kappa shape index (κ3) is 4.46. The summed E-state index contributed by atoms with van der Waals surface area (Å²) in [6, 6.07) is 15.5. The predicted octanol–water partition coefficient (Wildman–Crippen LogP) is 3.68. The topological polar surface area (TPSA) is 78.5 Å². The molecular weight excluding hydrogens is 404 g/mol. The second kappa shape index (κ2) is 9.45. The van der Waals surface area contributed by atoms with E-state index in [1.54, 1.807) is 9.80 Å². The Morgan fingerprint density at radius 3 is 2.33 bits per heavy atom. The zero-order valence-corrected chi connectivity index (χ0v) is 17.4. The van der Waals surface area contributed by atoms with Crippen LogP contribution in [-0.4, -0.2) is 65.3 Å². The van der Waals surface area contributed by atoms with Crippen LogP contribution in [0.4, 0.5) is 4.79 Å². The predicted molar refractivity (Wildman–Crippen MR) is 119 cm³/mol. The number of piperazine rings is 1. The third-order valence-corrected chi connectivity index (χ3v) is 5.09. The lowest BCUT2D eigenvalue weighted by molar-refractivity contribution is 0.0599. The van der Waals surface area contributed by atoms with Gasteiger partial charge in [0.15, 0.2) is 0 Å². The van der Waals surface area contributed by atoms with Gasteiger partial charge in [0.25, 0.3) is 5.91 Å². The Hall–Kier alpha value is -3.32. The van der Waals surface area contributed by atoms with Gasteiger partial charge in [-0.3, -0.25) is 9.89 Å². The molecule has 7 nitrogen and oxygen atoms in total. The van der Waals surface area contributed by atoms with Crippen molar-refractivity contribution in [1.29, 1.82) is 0 Å². The lowest BCUT2D eigenvalue weighted by atomic mass is 10.1. The van der Waals surface area contributed by atoms with Crippen molar-refractivity contribution in [3.63, 3.8) is 0 Å². The lowest BCUT2D eigenvalue weighted by Gasteiger charge is -2.33. The molecule has 0 spiro atoms. The molecule has 0 radical (unpaired) electrons. The third-order valence-electron chi connectivity index (χ3n) is 5.09. The molecule has 2 heterocycles. The summed E-state index contributed by atoms with van der Waals surface area (Å²) in [7, 11) is 1.37. The number of fused-ring (bicyclic) bond motifs is 1. The summed E-state index contributed by atoms with van der Waals surface area (Å²) in [5.41, 5.74) is 3.51. The van der Waals surface area contributed by atoms with Crippen molar-refractivity contribution in [1.82, 2.24) is 20.0 Å². The Morgan fingerprint density at radius 1 is 0.967 bits per heavy atom. The van der Waals surface area contributed by atoms with Crippen LogP contribution < -0.4 is 0 Å². The summed E-state index contributed by atoms with van der Waals surface area (Å²) in [4.78, 5) is 27.6. The Balaban J connectivity index is 0.00000256. The van der Waals surface area contributed by atoms with E-state index in [0.29, 0.717) is 31.7 Å². The standard InChI is InChI=1S/C22H22N4O3.ClH/c1-29-22(28)26-14-12-25(13-15-26)21(27)17-9-6-16(7-10-17)8-11-20-18-4-2-3-5-19(18)23-24-20;/h2-11H,12-15H2,1H3,(H,23,24);1H/b11-8+;. The molecule has 4 rings (SSSR count). The summed E-state index contributed by atoms with van der Waals surface area (Å²) < 4.78 is 4.73. The summed E-state index contributed by atoms with van der Waals surface area (Å²) in [5, 5.41) is 8.42. The normalized spacial score (nSPS) is 14.0. The average molecular weight is 427 g/mol. The number of nitrogens with zero attached hydrogens (tertiary/aromatic N) is 3. The van der Waals surface area contributed by atoms with Gasteiger partial charge < -0.3 is 14.5 Å². The molecule has 0 aliphatic carbocycles. The molecule has 1 aliphatic rings. The largest absolute Gasteiger partial charge is 0.453 e. The fourth-order valence-electron chi connectivity index (χ4n) is 3.43. The van der Waals surface area contributed by atoms with E-state index in [0.717, 1.165) is 22.2 Å². The first kappa shape index (κ1) is 21.4. The van der Waals surface area contributed by atoms with Crippen LogP contribution in [0.15, 0.2) is 48.5 Å². The molecule has 1 saturated heterocycles. The number of halogens is 1. The maximum atomic E-state index is 12.7. The first-order chi connectivity index (χ1) is 14.2. The van der Waals surface area contributed by atoms with Gasteiger partial charge in [-0.25, -0.2) is 4.79 Å². The van der Waals surface area contributed by atoms with E-state index in [1.165, 1.54) is 7.11 Å². The van der Waals surface area contributed by atoms with Gasteiger partial charge in [0, 0.05) is 37.1 Å². The minimum atomic E-state index is -0.349. The molecule has 0 bridgehead atoms. The van der Waals surface area contributed by atoms with Crippen molar-refractivity contribution in [3.8, 4) is 0 Å². The second-order valence-electron chi connectivity index (χ2n) is 6.86. The molecule has 1 N–H and O–H groups in total. The minimum absolute atomic E-state index is 0. The molecule has 1 fully saturated rings. The first-order valence-corrected chi connectivity index (χ1v) is 9.49. The molecule has 1 aromatic heterocycles. The number of aromatic amines is 1. The van der Waals surface area contributed by atoms with Gasteiger partial charge in [-0.15, -0.1) is 12.4 Å². The number of ether oxygens (including phenoxy) is 1. The zero-order chi connectivity index (χ0) is 20.2. The molecule has 2 amide bonds. The van der Waals surface area contributed by atoms with Crippen LogP contribution in [0.25, 0.3) is 23.1 Å². The van der Waals surface area contributed by atoms with Crippen molar-refractivity contribution >= 4 is 47.5 Å². The van der Waals surface area contributed by atoms with Gasteiger partial charge in [0.2, 0.25) is 0 Å². The number of amides is 2. The molecule has 0 unspecified atom stereocenters. The number of benzene rings is 2. The molecular formula is C22H23ClN4O3. The Morgan fingerprint density at radius 2 is 1.63 bits per heavy atom. The lowest BCUT2D eigenvalue weighted by Crippen LogP contribution is -2.50. The van der Waals surface area contributed by atoms with Gasteiger partial charge in [0.05, 0.1) is 18.3 Å². The smallest absolute Gasteiger partial charge is 0.409 e. The second-order valence-corrected chi connectivity index (χ2v) is 6.86. The Labute approximate surface area is 180 Å². The number of hydrogen-bond donors (Lipinski definition) is 1. The molecule has 0 atom stereocenters. The van der Waals surface area contributed by atoms with Crippen LogP contribution >= 0.6 is 12.4 Å². The quantitative estimate of drug-likeness (QED) is 0.693. The van der Waals surface area contributed by atoms with Crippen LogP contribution in [0, 0.1) is 0 Å². The molecule has 30 heavy (non-hydrogen) atoms. The van der Waals surface area contributed by atoms with Gasteiger partial charge in [-0.2, -0.15) is 5.10 Å². The van der Waals surface area contributed by atoms with Crippen molar-refractivity contribution in [2.24, 2.45) is 0 Å². The highest BCUT2D eigenvalue weighted by molar-refractivity contribution is 5.95.